The van der Waals surface area contributed by atoms with Crippen LogP contribution in [0.5, 0.6) is 17.2 Å². The number of halogens is 2. The zero-order valence-electron chi connectivity index (χ0n) is 14.7. The lowest BCUT2D eigenvalue weighted by Crippen LogP contribution is -2.28. The molecule has 0 saturated carbocycles. The van der Waals surface area contributed by atoms with Gasteiger partial charge >= 0.3 is 0 Å². The Morgan fingerprint density at radius 1 is 1.12 bits per heavy atom. The molecule has 0 unspecified atom stereocenters. The third-order valence-electron chi connectivity index (χ3n) is 3.43. The normalized spacial score (nSPS) is 10.3. The first-order chi connectivity index (χ1) is 12.5. The Kier molecular flexibility index (Phi) is 8.06. The van der Waals surface area contributed by atoms with Crippen molar-refractivity contribution in [3.63, 3.8) is 0 Å². The third-order valence-corrected chi connectivity index (χ3v) is 4.22. The van der Waals surface area contributed by atoms with Crippen LogP contribution in [0.25, 0.3) is 0 Å². The molecule has 140 valence electrons. The molecular formula is C19H21BrClNO4. The van der Waals surface area contributed by atoms with Gasteiger partial charge < -0.3 is 19.5 Å². The van der Waals surface area contributed by atoms with Crippen molar-refractivity contribution in [2.24, 2.45) is 0 Å². The van der Waals surface area contributed by atoms with Crippen molar-refractivity contribution in [3.05, 3.63) is 51.5 Å². The average Bonchev–Trinajstić information content (AvgIpc) is 2.64. The SMILES string of the molecule is CCCOc1ccc(CNC(=O)COc2ccc(Br)cc2Cl)cc1OC. The third kappa shape index (κ3) is 6.11. The first kappa shape index (κ1) is 20.4. The van der Waals surface area contributed by atoms with Crippen LogP contribution in [0.2, 0.25) is 5.02 Å². The molecule has 7 heteroatoms. The molecular weight excluding hydrogens is 422 g/mol. The van der Waals surface area contributed by atoms with Crippen molar-refractivity contribution in [2.75, 3.05) is 20.3 Å². The van der Waals surface area contributed by atoms with Crippen LogP contribution in [0.15, 0.2) is 40.9 Å². The van der Waals surface area contributed by atoms with E-state index in [9.17, 15) is 4.79 Å². The fourth-order valence-electron chi connectivity index (χ4n) is 2.14. The summed E-state index contributed by atoms with van der Waals surface area (Å²) in [5.74, 6) is 1.55. The van der Waals surface area contributed by atoms with Gasteiger partial charge in [0.25, 0.3) is 5.91 Å². The molecule has 2 aromatic rings. The Bertz CT molecular complexity index is 754. The molecule has 0 radical (unpaired) electrons. The Balaban J connectivity index is 1.86. The van der Waals surface area contributed by atoms with Crippen LogP contribution in [0.4, 0.5) is 0 Å². The smallest absolute Gasteiger partial charge is 0.258 e. The summed E-state index contributed by atoms with van der Waals surface area (Å²) in [4.78, 5) is 12.0. The molecule has 1 amide bonds. The number of benzene rings is 2. The van der Waals surface area contributed by atoms with Gasteiger partial charge in [0.2, 0.25) is 0 Å². The monoisotopic (exact) mass is 441 g/mol. The van der Waals surface area contributed by atoms with Gasteiger partial charge in [-0.25, -0.2) is 0 Å². The number of rotatable bonds is 9. The molecule has 0 fully saturated rings. The predicted octanol–water partition coefficient (Wildman–Crippen LogP) is 4.60. The molecule has 0 aliphatic heterocycles. The van der Waals surface area contributed by atoms with Crippen LogP contribution in [-0.2, 0) is 11.3 Å². The van der Waals surface area contributed by atoms with E-state index < -0.39 is 0 Å². The van der Waals surface area contributed by atoms with Crippen LogP contribution < -0.4 is 19.5 Å². The lowest BCUT2D eigenvalue weighted by molar-refractivity contribution is -0.123. The maximum atomic E-state index is 12.0. The second kappa shape index (κ2) is 10.3. The van der Waals surface area contributed by atoms with Crippen molar-refractivity contribution in [3.8, 4) is 17.2 Å². The second-order valence-corrected chi connectivity index (χ2v) is 6.80. The topological polar surface area (TPSA) is 56.8 Å². The molecule has 2 rings (SSSR count). The summed E-state index contributed by atoms with van der Waals surface area (Å²) in [7, 11) is 1.59. The van der Waals surface area contributed by atoms with Gasteiger partial charge in [-0.1, -0.05) is 40.5 Å². The van der Waals surface area contributed by atoms with Crippen LogP contribution in [0, 0.1) is 0 Å². The molecule has 5 nitrogen and oxygen atoms in total. The minimum absolute atomic E-state index is 0.115. The summed E-state index contributed by atoms with van der Waals surface area (Å²) >= 11 is 9.38. The van der Waals surface area contributed by atoms with Gasteiger partial charge in [-0.2, -0.15) is 0 Å². The van der Waals surface area contributed by atoms with Crippen LogP contribution in [0.1, 0.15) is 18.9 Å². The number of ether oxygens (including phenoxy) is 3. The van der Waals surface area contributed by atoms with Gasteiger partial charge in [0.15, 0.2) is 18.1 Å². The lowest BCUT2D eigenvalue weighted by Gasteiger charge is -2.12. The number of carbonyl (C=O) groups is 1. The Hall–Kier alpha value is -1.92. The number of amides is 1. The molecule has 0 saturated heterocycles. The van der Waals surface area contributed by atoms with Crippen LogP contribution in [0.3, 0.4) is 0 Å². The molecule has 0 aliphatic rings. The van der Waals surface area contributed by atoms with Gasteiger partial charge in [-0.05, 0) is 42.3 Å². The van der Waals surface area contributed by atoms with Crippen LogP contribution in [-0.4, -0.2) is 26.2 Å². The first-order valence-electron chi connectivity index (χ1n) is 8.17. The number of hydrogen-bond acceptors (Lipinski definition) is 4. The van der Waals surface area contributed by atoms with Gasteiger partial charge in [-0.3, -0.25) is 4.79 Å². The number of methoxy groups -OCH3 is 1. The first-order valence-corrected chi connectivity index (χ1v) is 9.34. The van der Waals surface area contributed by atoms with E-state index in [4.69, 9.17) is 25.8 Å². The predicted molar refractivity (Wildman–Crippen MR) is 105 cm³/mol. The zero-order valence-corrected chi connectivity index (χ0v) is 17.0. The average molecular weight is 443 g/mol. The van der Waals surface area contributed by atoms with E-state index in [0.29, 0.717) is 35.4 Å². The molecule has 26 heavy (non-hydrogen) atoms. The van der Waals surface area contributed by atoms with Gasteiger partial charge in [0, 0.05) is 11.0 Å². The summed E-state index contributed by atoms with van der Waals surface area (Å²) < 4.78 is 17.2. The summed E-state index contributed by atoms with van der Waals surface area (Å²) in [6, 6.07) is 10.8. The van der Waals surface area contributed by atoms with Gasteiger partial charge in [0.1, 0.15) is 5.75 Å². The fraction of sp³-hybridized carbons (Fsp3) is 0.316. The van der Waals surface area contributed by atoms with E-state index in [2.05, 4.69) is 21.2 Å². The molecule has 0 spiro atoms. The summed E-state index contributed by atoms with van der Waals surface area (Å²) in [6.45, 7) is 2.92. The van der Waals surface area contributed by atoms with Gasteiger partial charge in [0.05, 0.1) is 18.7 Å². The molecule has 0 aliphatic carbocycles. The van der Waals surface area contributed by atoms with E-state index in [1.165, 1.54) is 0 Å². The van der Waals surface area contributed by atoms with Crippen molar-refractivity contribution in [1.29, 1.82) is 0 Å². The van der Waals surface area contributed by atoms with Crippen molar-refractivity contribution in [1.82, 2.24) is 5.32 Å². The molecule has 0 aromatic heterocycles. The maximum absolute atomic E-state index is 12.0. The Morgan fingerprint density at radius 3 is 2.58 bits per heavy atom. The van der Waals surface area contributed by atoms with E-state index >= 15 is 0 Å². The molecule has 0 atom stereocenters. The maximum Gasteiger partial charge on any atom is 0.258 e. The highest BCUT2D eigenvalue weighted by atomic mass is 79.9. The van der Waals surface area contributed by atoms with Crippen molar-refractivity contribution < 1.29 is 19.0 Å². The number of hydrogen-bond donors (Lipinski definition) is 1. The quantitative estimate of drug-likeness (QED) is 0.617. The zero-order chi connectivity index (χ0) is 18.9. The Morgan fingerprint density at radius 2 is 1.88 bits per heavy atom. The van der Waals surface area contributed by atoms with E-state index in [-0.39, 0.29) is 12.5 Å². The fourth-order valence-corrected chi connectivity index (χ4v) is 2.87. The molecule has 2 aromatic carbocycles. The Labute approximate surface area is 166 Å². The highest BCUT2D eigenvalue weighted by Gasteiger charge is 2.09. The molecule has 0 heterocycles. The largest absolute Gasteiger partial charge is 0.493 e. The van der Waals surface area contributed by atoms with E-state index in [1.54, 1.807) is 25.3 Å². The standard InChI is InChI=1S/C19H21BrClNO4/c1-3-8-25-17-6-4-13(9-18(17)24-2)11-22-19(23)12-26-16-7-5-14(20)10-15(16)21/h4-7,9-10H,3,8,11-12H2,1-2H3,(H,22,23). The van der Waals surface area contributed by atoms with Gasteiger partial charge in [-0.15, -0.1) is 0 Å². The van der Waals surface area contributed by atoms with Crippen molar-refractivity contribution >= 4 is 33.4 Å². The molecule has 0 bridgehead atoms. The molecule has 1 N–H and O–H groups in total. The summed E-state index contributed by atoms with van der Waals surface area (Å²) in [6.07, 6.45) is 0.920. The van der Waals surface area contributed by atoms with E-state index in [0.717, 1.165) is 16.5 Å². The van der Waals surface area contributed by atoms with Crippen LogP contribution >= 0.6 is 27.5 Å². The van der Waals surface area contributed by atoms with E-state index in [1.807, 2.05) is 25.1 Å². The second-order valence-electron chi connectivity index (χ2n) is 5.47. The summed E-state index contributed by atoms with van der Waals surface area (Å²) in [5.41, 5.74) is 0.903. The highest BCUT2D eigenvalue weighted by molar-refractivity contribution is 9.10. The minimum atomic E-state index is -0.241. The summed E-state index contributed by atoms with van der Waals surface area (Å²) in [5, 5.41) is 3.25. The highest BCUT2D eigenvalue weighted by Crippen LogP contribution is 2.29. The lowest BCUT2D eigenvalue weighted by atomic mass is 10.2. The van der Waals surface area contributed by atoms with Crippen molar-refractivity contribution in [2.45, 2.75) is 19.9 Å². The number of nitrogens with one attached hydrogen (secondary N) is 1. The minimum Gasteiger partial charge on any atom is -0.493 e. The number of carbonyl (C=O) groups excluding carboxylic acids is 1.